The van der Waals surface area contributed by atoms with Crippen LogP contribution in [0.2, 0.25) is 0 Å². The summed E-state index contributed by atoms with van der Waals surface area (Å²) in [6, 6.07) is 2.15. The van der Waals surface area contributed by atoms with Crippen molar-refractivity contribution in [2.75, 3.05) is 12.0 Å². The Morgan fingerprint density at radius 2 is 2.38 bits per heavy atom. The number of carboxylic acids is 1. The lowest BCUT2D eigenvalue weighted by Crippen LogP contribution is -2.27. The molecule has 0 bridgehead atoms. The quantitative estimate of drug-likeness (QED) is 0.801. The summed E-state index contributed by atoms with van der Waals surface area (Å²) < 4.78 is 5.24. The third-order valence-corrected chi connectivity index (χ3v) is 3.04. The smallest absolute Gasteiger partial charge is 0.372 e. The van der Waals surface area contributed by atoms with Crippen molar-refractivity contribution < 1.29 is 14.3 Å². The van der Waals surface area contributed by atoms with Gasteiger partial charge in [-0.2, -0.15) is 11.8 Å². The van der Waals surface area contributed by atoms with E-state index >= 15 is 0 Å². The molecule has 0 saturated heterocycles. The molecule has 1 heterocycles. The molecule has 0 spiro atoms. The summed E-state index contributed by atoms with van der Waals surface area (Å²) in [5.41, 5.74) is 0.668. The maximum absolute atomic E-state index is 10.8. The number of hydrogen-bond acceptors (Lipinski definition) is 4. The van der Waals surface area contributed by atoms with Gasteiger partial charge in [-0.1, -0.05) is 0 Å². The van der Waals surface area contributed by atoms with E-state index in [2.05, 4.69) is 18.5 Å². The van der Waals surface area contributed by atoms with Gasteiger partial charge in [-0.15, -0.1) is 0 Å². The van der Waals surface area contributed by atoms with Crippen LogP contribution in [0.25, 0.3) is 0 Å². The van der Waals surface area contributed by atoms with Gasteiger partial charge in [-0.25, -0.2) is 4.79 Å². The van der Waals surface area contributed by atoms with Crippen LogP contribution in [0.15, 0.2) is 10.5 Å². The van der Waals surface area contributed by atoms with Crippen molar-refractivity contribution >= 4 is 17.7 Å². The van der Waals surface area contributed by atoms with Gasteiger partial charge < -0.3 is 14.8 Å². The normalized spacial score (nSPS) is 12.7. The second kappa shape index (κ2) is 5.96. The van der Waals surface area contributed by atoms with Crippen LogP contribution in [0, 0.1) is 6.92 Å². The number of aryl methyl sites for hydroxylation is 1. The molecule has 90 valence electrons. The second-order valence-electron chi connectivity index (χ2n) is 3.77. The Hall–Kier alpha value is -0.940. The summed E-state index contributed by atoms with van der Waals surface area (Å²) in [6.07, 6.45) is 2.05. The lowest BCUT2D eigenvalue weighted by atomic mass is 10.2. The number of hydrogen-bond donors (Lipinski definition) is 2. The Labute approximate surface area is 99.4 Å². The van der Waals surface area contributed by atoms with Crippen LogP contribution < -0.4 is 5.32 Å². The van der Waals surface area contributed by atoms with Gasteiger partial charge in [0, 0.05) is 17.4 Å². The van der Waals surface area contributed by atoms with Crippen LogP contribution in [0.1, 0.15) is 28.8 Å². The SMILES string of the molecule is CSCC(C)NCc1cc(C)c(C(=O)O)o1. The van der Waals surface area contributed by atoms with Crippen LogP contribution >= 0.6 is 11.8 Å². The van der Waals surface area contributed by atoms with Crippen LogP contribution in [0.4, 0.5) is 0 Å². The molecule has 1 atom stereocenters. The van der Waals surface area contributed by atoms with Gasteiger partial charge in [0.2, 0.25) is 5.76 Å². The fourth-order valence-corrected chi connectivity index (χ4v) is 2.05. The predicted octanol–water partition coefficient (Wildman–Crippen LogP) is 2.13. The van der Waals surface area contributed by atoms with Crippen molar-refractivity contribution in [1.82, 2.24) is 5.32 Å². The Morgan fingerprint density at radius 3 is 2.88 bits per heavy atom. The number of rotatable bonds is 6. The predicted molar refractivity (Wildman–Crippen MR) is 65.1 cm³/mol. The van der Waals surface area contributed by atoms with E-state index < -0.39 is 5.97 Å². The number of thioether (sulfide) groups is 1. The lowest BCUT2D eigenvalue weighted by Gasteiger charge is -2.10. The van der Waals surface area contributed by atoms with Crippen molar-refractivity contribution in [3.8, 4) is 0 Å². The highest BCUT2D eigenvalue weighted by Crippen LogP contribution is 2.14. The molecule has 0 aromatic carbocycles. The van der Waals surface area contributed by atoms with E-state index in [0.29, 0.717) is 23.9 Å². The van der Waals surface area contributed by atoms with E-state index in [-0.39, 0.29) is 5.76 Å². The van der Waals surface area contributed by atoms with E-state index in [1.807, 2.05) is 0 Å². The summed E-state index contributed by atoms with van der Waals surface area (Å²) >= 11 is 1.77. The number of furan rings is 1. The molecule has 5 heteroatoms. The zero-order valence-corrected chi connectivity index (χ0v) is 10.6. The molecule has 0 aliphatic heterocycles. The van der Waals surface area contributed by atoms with Crippen molar-refractivity contribution in [2.24, 2.45) is 0 Å². The van der Waals surface area contributed by atoms with Crippen molar-refractivity contribution in [3.05, 3.63) is 23.2 Å². The summed E-state index contributed by atoms with van der Waals surface area (Å²) in [5.74, 6) is 0.712. The largest absolute Gasteiger partial charge is 0.475 e. The highest BCUT2D eigenvalue weighted by molar-refractivity contribution is 7.98. The van der Waals surface area contributed by atoms with Gasteiger partial charge in [0.05, 0.1) is 6.54 Å². The first kappa shape index (κ1) is 13.1. The molecule has 0 saturated carbocycles. The highest BCUT2D eigenvalue weighted by Gasteiger charge is 2.14. The van der Waals surface area contributed by atoms with Crippen molar-refractivity contribution in [2.45, 2.75) is 26.4 Å². The molecule has 0 fully saturated rings. The molecule has 1 aromatic heterocycles. The molecule has 1 aromatic rings. The number of carboxylic acid groups (broad SMARTS) is 1. The lowest BCUT2D eigenvalue weighted by molar-refractivity contribution is 0.0659. The zero-order chi connectivity index (χ0) is 12.1. The van der Waals surface area contributed by atoms with E-state index in [1.54, 1.807) is 24.8 Å². The van der Waals surface area contributed by atoms with Crippen LogP contribution in [-0.4, -0.2) is 29.1 Å². The van der Waals surface area contributed by atoms with Gasteiger partial charge in [-0.05, 0) is 26.2 Å². The third-order valence-electron chi connectivity index (χ3n) is 2.20. The minimum Gasteiger partial charge on any atom is -0.475 e. The third kappa shape index (κ3) is 3.57. The summed E-state index contributed by atoms with van der Waals surface area (Å²) in [6.45, 7) is 4.39. The molecular weight excluding hydrogens is 226 g/mol. The fraction of sp³-hybridized carbons (Fsp3) is 0.545. The first-order chi connectivity index (χ1) is 7.54. The Bertz CT molecular complexity index is 362. The Kier molecular flexibility index (Phi) is 4.89. The molecule has 0 aliphatic carbocycles. The average Bonchev–Trinajstić information content (AvgIpc) is 2.57. The minimum absolute atomic E-state index is 0.0364. The van der Waals surface area contributed by atoms with Crippen molar-refractivity contribution in [1.29, 1.82) is 0 Å². The molecule has 16 heavy (non-hydrogen) atoms. The Morgan fingerprint density at radius 1 is 1.69 bits per heavy atom. The van der Waals surface area contributed by atoms with Gasteiger partial charge in [-0.3, -0.25) is 0 Å². The van der Waals surface area contributed by atoms with Crippen LogP contribution in [0.3, 0.4) is 0 Å². The minimum atomic E-state index is -1.01. The molecule has 0 aliphatic rings. The van der Waals surface area contributed by atoms with Crippen LogP contribution in [-0.2, 0) is 6.54 Å². The molecular formula is C11H17NO3S. The number of carbonyl (C=O) groups is 1. The summed E-state index contributed by atoms with van der Waals surface area (Å²) in [4.78, 5) is 10.8. The van der Waals surface area contributed by atoms with Gasteiger partial charge >= 0.3 is 5.97 Å². The highest BCUT2D eigenvalue weighted by atomic mass is 32.2. The molecule has 4 nitrogen and oxygen atoms in total. The van der Waals surface area contributed by atoms with Crippen LogP contribution in [0.5, 0.6) is 0 Å². The average molecular weight is 243 g/mol. The standard InChI is InChI=1S/C11H17NO3S/c1-7-4-9(15-10(7)11(13)14)5-12-8(2)6-16-3/h4,8,12H,5-6H2,1-3H3,(H,13,14). The summed E-state index contributed by atoms with van der Waals surface area (Å²) in [7, 11) is 0. The maximum atomic E-state index is 10.8. The first-order valence-corrected chi connectivity index (χ1v) is 6.49. The van der Waals surface area contributed by atoms with E-state index in [0.717, 1.165) is 5.75 Å². The monoisotopic (exact) mass is 243 g/mol. The van der Waals surface area contributed by atoms with Crippen molar-refractivity contribution in [3.63, 3.8) is 0 Å². The molecule has 0 amide bonds. The molecule has 2 N–H and O–H groups in total. The molecule has 1 unspecified atom stereocenters. The van der Waals surface area contributed by atoms with Gasteiger partial charge in [0.15, 0.2) is 0 Å². The second-order valence-corrected chi connectivity index (χ2v) is 4.68. The number of aromatic carboxylic acids is 1. The zero-order valence-electron chi connectivity index (χ0n) is 9.74. The summed E-state index contributed by atoms with van der Waals surface area (Å²) in [5, 5.41) is 12.1. The van der Waals surface area contributed by atoms with Gasteiger partial charge in [0.25, 0.3) is 0 Å². The van der Waals surface area contributed by atoms with E-state index in [9.17, 15) is 4.79 Å². The topological polar surface area (TPSA) is 62.5 Å². The van der Waals surface area contributed by atoms with E-state index in [4.69, 9.17) is 9.52 Å². The Balaban J connectivity index is 2.55. The molecule has 0 radical (unpaired) electrons. The number of nitrogens with one attached hydrogen (secondary N) is 1. The fourth-order valence-electron chi connectivity index (χ4n) is 1.43. The van der Waals surface area contributed by atoms with E-state index in [1.165, 1.54) is 0 Å². The maximum Gasteiger partial charge on any atom is 0.372 e. The molecule has 1 rings (SSSR count). The van der Waals surface area contributed by atoms with Gasteiger partial charge in [0.1, 0.15) is 5.76 Å². The first-order valence-electron chi connectivity index (χ1n) is 5.09.